The first-order valence-electron chi connectivity index (χ1n) is 6.68. The van der Waals surface area contributed by atoms with E-state index in [9.17, 15) is 14.3 Å². The Labute approximate surface area is 126 Å². The molecule has 0 unspecified atom stereocenters. The zero-order valence-electron chi connectivity index (χ0n) is 11.5. The highest BCUT2D eigenvalue weighted by atomic mass is 19.1. The van der Waals surface area contributed by atoms with E-state index in [-0.39, 0.29) is 5.75 Å². The lowest BCUT2D eigenvalue weighted by Gasteiger charge is -2.10. The molecule has 0 heterocycles. The van der Waals surface area contributed by atoms with Crippen molar-refractivity contribution in [1.29, 1.82) is 0 Å². The largest absolute Gasteiger partial charge is 0.507 e. The van der Waals surface area contributed by atoms with Crippen LogP contribution in [-0.4, -0.2) is 11.1 Å². The SMILES string of the molecule is O=C(Nc1cccc(F)c1)Nc1cccc2c(O)cccc12. The summed E-state index contributed by atoms with van der Waals surface area (Å²) in [6.45, 7) is 0. The normalized spacial score (nSPS) is 10.4. The van der Waals surface area contributed by atoms with E-state index in [1.54, 1.807) is 42.5 Å². The van der Waals surface area contributed by atoms with E-state index >= 15 is 0 Å². The van der Waals surface area contributed by atoms with Crippen molar-refractivity contribution in [3.63, 3.8) is 0 Å². The van der Waals surface area contributed by atoms with E-state index < -0.39 is 11.8 Å². The number of halogens is 1. The van der Waals surface area contributed by atoms with Crippen LogP contribution in [0.3, 0.4) is 0 Å². The summed E-state index contributed by atoms with van der Waals surface area (Å²) in [6, 6.07) is 15.5. The van der Waals surface area contributed by atoms with Crippen molar-refractivity contribution >= 4 is 28.2 Å². The fourth-order valence-corrected chi connectivity index (χ4v) is 2.25. The molecule has 5 heteroatoms. The van der Waals surface area contributed by atoms with Gasteiger partial charge in [-0.25, -0.2) is 9.18 Å². The van der Waals surface area contributed by atoms with Gasteiger partial charge < -0.3 is 15.7 Å². The molecule has 3 rings (SSSR count). The Morgan fingerprint density at radius 1 is 0.909 bits per heavy atom. The molecule has 0 saturated carbocycles. The van der Waals surface area contributed by atoms with Gasteiger partial charge in [-0.3, -0.25) is 0 Å². The summed E-state index contributed by atoms with van der Waals surface area (Å²) < 4.78 is 13.1. The van der Waals surface area contributed by atoms with Crippen molar-refractivity contribution < 1.29 is 14.3 Å². The Kier molecular flexibility index (Phi) is 3.62. The first-order valence-corrected chi connectivity index (χ1v) is 6.68. The molecule has 0 atom stereocenters. The van der Waals surface area contributed by atoms with Crippen molar-refractivity contribution in [2.45, 2.75) is 0 Å². The molecule has 3 aromatic carbocycles. The zero-order valence-corrected chi connectivity index (χ0v) is 11.5. The van der Waals surface area contributed by atoms with Crippen molar-refractivity contribution in [3.8, 4) is 5.75 Å². The van der Waals surface area contributed by atoms with Gasteiger partial charge in [-0.2, -0.15) is 0 Å². The maximum Gasteiger partial charge on any atom is 0.323 e. The van der Waals surface area contributed by atoms with Gasteiger partial charge in [0.15, 0.2) is 0 Å². The molecule has 2 amide bonds. The number of phenols is 1. The van der Waals surface area contributed by atoms with Gasteiger partial charge in [0.25, 0.3) is 0 Å². The van der Waals surface area contributed by atoms with Crippen LogP contribution in [0.5, 0.6) is 5.75 Å². The highest BCUT2D eigenvalue weighted by molar-refractivity contribution is 6.07. The number of hydrogen-bond donors (Lipinski definition) is 3. The fraction of sp³-hybridized carbons (Fsp3) is 0. The number of rotatable bonds is 2. The number of fused-ring (bicyclic) bond motifs is 1. The first-order chi connectivity index (χ1) is 10.6. The summed E-state index contributed by atoms with van der Waals surface area (Å²) in [7, 11) is 0. The van der Waals surface area contributed by atoms with E-state index in [2.05, 4.69) is 10.6 Å². The molecule has 0 radical (unpaired) electrons. The number of benzene rings is 3. The molecule has 22 heavy (non-hydrogen) atoms. The average molecular weight is 296 g/mol. The van der Waals surface area contributed by atoms with Gasteiger partial charge in [-0.1, -0.05) is 30.3 Å². The number of carbonyl (C=O) groups is 1. The third kappa shape index (κ3) is 2.83. The molecule has 0 aliphatic rings. The standard InChI is InChI=1S/C17H13FN2O2/c18-11-4-1-5-12(10-11)19-17(22)20-15-8-2-7-14-13(15)6-3-9-16(14)21/h1-10,21H,(H2,19,20,22). The van der Waals surface area contributed by atoms with E-state index in [1.165, 1.54) is 18.2 Å². The Morgan fingerprint density at radius 2 is 1.64 bits per heavy atom. The van der Waals surface area contributed by atoms with Gasteiger partial charge in [0, 0.05) is 16.5 Å². The Bertz CT molecular complexity index is 849. The maximum absolute atomic E-state index is 13.1. The minimum atomic E-state index is -0.485. The predicted molar refractivity (Wildman–Crippen MR) is 84.7 cm³/mol. The lowest BCUT2D eigenvalue weighted by molar-refractivity contribution is 0.262. The number of aromatic hydroxyl groups is 1. The van der Waals surface area contributed by atoms with Crippen molar-refractivity contribution in [1.82, 2.24) is 0 Å². The van der Waals surface area contributed by atoms with Gasteiger partial charge in [0.1, 0.15) is 11.6 Å². The molecule has 110 valence electrons. The first kappa shape index (κ1) is 13.9. The Balaban J connectivity index is 1.84. The van der Waals surface area contributed by atoms with Crippen molar-refractivity contribution in [2.24, 2.45) is 0 Å². The van der Waals surface area contributed by atoms with Gasteiger partial charge in [0.05, 0.1) is 5.69 Å². The molecular formula is C17H13FN2O2. The van der Waals surface area contributed by atoms with Crippen molar-refractivity contribution in [2.75, 3.05) is 10.6 Å². The molecule has 0 aromatic heterocycles. The van der Waals surface area contributed by atoms with Crippen LogP contribution in [0.4, 0.5) is 20.6 Å². The number of anilines is 2. The molecule has 0 bridgehead atoms. The van der Waals surface area contributed by atoms with Crippen LogP contribution in [0.15, 0.2) is 60.7 Å². The number of urea groups is 1. The molecular weight excluding hydrogens is 283 g/mol. The second-order valence-corrected chi connectivity index (χ2v) is 4.77. The number of phenolic OH excluding ortho intramolecular Hbond substituents is 1. The minimum Gasteiger partial charge on any atom is -0.507 e. The van der Waals surface area contributed by atoms with Crippen LogP contribution in [0, 0.1) is 5.82 Å². The van der Waals surface area contributed by atoms with Gasteiger partial charge in [-0.15, -0.1) is 0 Å². The minimum absolute atomic E-state index is 0.145. The van der Waals surface area contributed by atoms with Crippen LogP contribution >= 0.6 is 0 Å². The Hall–Kier alpha value is -3.08. The molecule has 0 saturated heterocycles. The van der Waals surface area contributed by atoms with Gasteiger partial charge in [-0.05, 0) is 30.3 Å². The lowest BCUT2D eigenvalue weighted by atomic mass is 10.1. The fourth-order valence-electron chi connectivity index (χ4n) is 2.25. The molecule has 3 aromatic rings. The molecule has 0 aliphatic carbocycles. The highest BCUT2D eigenvalue weighted by Crippen LogP contribution is 2.29. The maximum atomic E-state index is 13.1. The van der Waals surface area contributed by atoms with Crippen LogP contribution in [-0.2, 0) is 0 Å². The average Bonchev–Trinajstić information content (AvgIpc) is 2.48. The second-order valence-electron chi connectivity index (χ2n) is 4.77. The highest BCUT2D eigenvalue weighted by Gasteiger charge is 2.08. The van der Waals surface area contributed by atoms with E-state index in [0.29, 0.717) is 16.8 Å². The lowest BCUT2D eigenvalue weighted by Crippen LogP contribution is -2.19. The number of hydrogen-bond acceptors (Lipinski definition) is 2. The summed E-state index contributed by atoms with van der Waals surface area (Å²) in [5, 5.41) is 16.4. The van der Waals surface area contributed by atoms with Crippen LogP contribution in [0.25, 0.3) is 10.8 Å². The molecule has 0 spiro atoms. The van der Waals surface area contributed by atoms with Crippen LogP contribution in [0.1, 0.15) is 0 Å². The van der Waals surface area contributed by atoms with Gasteiger partial charge in [0.2, 0.25) is 0 Å². The topological polar surface area (TPSA) is 61.4 Å². The zero-order chi connectivity index (χ0) is 15.5. The third-order valence-electron chi connectivity index (χ3n) is 3.23. The summed E-state index contributed by atoms with van der Waals surface area (Å²) in [4.78, 5) is 12.0. The summed E-state index contributed by atoms with van der Waals surface area (Å²) in [5.41, 5.74) is 0.919. The second kappa shape index (κ2) is 5.73. The van der Waals surface area contributed by atoms with E-state index in [1.807, 2.05) is 0 Å². The van der Waals surface area contributed by atoms with E-state index in [0.717, 1.165) is 5.39 Å². The molecule has 4 nitrogen and oxygen atoms in total. The third-order valence-corrected chi connectivity index (χ3v) is 3.23. The number of nitrogens with one attached hydrogen (secondary N) is 2. The van der Waals surface area contributed by atoms with Crippen LogP contribution < -0.4 is 10.6 Å². The Morgan fingerprint density at radius 3 is 2.45 bits per heavy atom. The molecule has 0 fully saturated rings. The smallest absolute Gasteiger partial charge is 0.323 e. The monoisotopic (exact) mass is 296 g/mol. The quantitative estimate of drug-likeness (QED) is 0.659. The van der Waals surface area contributed by atoms with Crippen LogP contribution in [0.2, 0.25) is 0 Å². The number of amides is 2. The van der Waals surface area contributed by atoms with Gasteiger partial charge >= 0.3 is 6.03 Å². The summed E-state index contributed by atoms with van der Waals surface area (Å²) in [6.07, 6.45) is 0. The predicted octanol–water partition coefficient (Wildman–Crippen LogP) is 4.33. The summed E-state index contributed by atoms with van der Waals surface area (Å²) >= 11 is 0. The van der Waals surface area contributed by atoms with E-state index in [4.69, 9.17) is 0 Å². The van der Waals surface area contributed by atoms with Crippen molar-refractivity contribution in [3.05, 3.63) is 66.5 Å². The summed E-state index contributed by atoms with van der Waals surface area (Å²) in [5.74, 6) is -0.278. The molecule has 0 aliphatic heterocycles. The number of carbonyl (C=O) groups excluding carboxylic acids is 1. The molecule has 3 N–H and O–H groups in total.